The summed E-state index contributed by atoms with van der Waals surface area (Å²) >= 11 is 0. The molecule has 0 amide bonds. The molecule has 0 aliphatic heterocycles. The number of nitrogens with zero attached hydrogens (tertiary/aromatic N) is 2. The van der Waals surface area contributed by atoms with Crippen LogP contribution in [0.4, 0.5) is 0 Å². The van der Waals surface area contributed by atoms with Gasteiger partial charge in [-0.15, -0.1) is 0 Å². The van der Waals surface area contributed by atoms with Gasteiger partial charge >= 0.3 is 11.9 Å². The number of likely N-dealkylation sites (N-methyl/N-ethyl adjacent to an activating group) is 2. The van der Waals surface area contributed by atoms with Crippen molar-refractivity contribution < 1.29 is 33.5 Å². The monoisotopic (exact) mass is 306 g/mol. The summed E-state index contributed by atoms with van der Waals surface area (Å²) in [6, 6.07) is 0. The van der Waals surface area contributed by atoms with E-state index < -0.39 is 24.1 Å². The van der Waals surface area contributed by atoms with E-state index in [0.29, 0.717) is 22.1 Å². The predicted molar refractivity (Wildman–Crippen MR) is 79.0 cm³/mol. The lowest BCUT2D eigenvalue weighted by atomic mass is 10.2. The van der Waals surface area contributed by atoms with Gasteiger partial charge in [-0.05, 0) is 0 Å². The second-order valence-electron chi connectivity index (χ2n) is 7.52. The molecule has 0 rings (SSSR count). The molecule has 0 aromatic carbocycles. The number of ether oxygens (including phenoxy) is 1. The van der Waals surface area contributed by atoms with Gasteiger partial charge < -0.3 is 23.9 Å². The van der Waals surface area contributed by atoms with E-state index in [9.17, 15) is 9.59 Å². The minimum atomic E-state index is -0.937. The molecular formula is C14H30N2O5+2. The van der Waals surface area contributed by atoms with Crippen molar-refractivity contribution in [3.63, 3.8) is 0 Å². The van der Waals surface area contributed by atoms with Gasteiger partial charge in [0.05, 0.1) is 55.1 Å². The first-order valence-electron chi connectivity index (χ1n) is 6.98. The zero-order valence-electron chi connectivity index (χ0n) is 14.0. The maximum absolute atomic E-state index is 11.0. The van der Waals surface area contributed by atoms with Gasteiger partial charge in [-0.2, -0.15) is 0 Å². The molecule has 124 valence electrons. The van der Waals surface area contributed by atoms with Gasteiger partial charge in [-0.1, -0.05) is 0 Å². The Morgan fingerprint density at radius 3 is 1.29 bits per heavy atom. The Bertz CT molecular complexity index is 323. The molecule has 0 unspecified atom stereocenters. The van der Waals surface area contributed by atoms with Gasteiger partial charge in [0.1, 0.15) is 25.3 Å². The van der Waals surface area contributed by atoms with Crippen molar-refractivity contribution in [2.24, 2.45) is 0 Å². The van der Waals surface area contributed by atoms with Crippen molar-refractivity contribution in [3.05, 3.63) is 0 Å². The summed E-state index contributed by atoms with van der Waals surface area (Å²) in [6.07, 6.45) is -1.25. The van der Waals surface area contributed by atoms with E-state index in [1.54, 1.807) is 0 Å². The van der Waals surface area contributed by atoms with Crippen LogP contribution in [0, 0.1) is 0 Å². The largest absolute Gasteiger partial charge is 0.481 e. The molecule has 0 spiro atoms. The first kappa shape index (κ1) is 19.8. The van der Waals surface area contributed by atoms with Gasteiger partial charge in [0.15, 0.2) is 0 Å². The summed E-state index contributed by atoms with van der Waals surface area (Å²) in [4.78, 5) is 22.0. The van der Waals surface area contributed by atoms with E-state index in [4.69, 9.17) is 14.9 Å². The van der Waals surface area contributed by atoms with Crippen LogP contribution in [0.25, 0.3) is 0 Å². The number of aliphatic carboxylic acids is 2. The molecule has 0 bridgehead atoms. The van der Waals surface area contributed by atoms with Crippen molar-refractivity contribution in [1.82, 2.24) is 0 Å². The number of rotatable bonds is 10. The average Bonchev–Trinajstić information content (AvgIpc) is 2.07. The Labute approximate surface area is 126 Å². The molecule has 7 heteroatoms. The van der Waals surface area contributed by atoms with Crippen LogP contribution in [0.15, 0.2) is 0 Å². The summed E-state index contributed by atoms with van der Waals surface area (Å²) in [5.41, 5.74) is 0. The van der Waals surface area contributed by atoms with E-state index in [-0.39, 0.29) is 12.8 Å². The zero-order valence-corrected chi connectivity index (χ0v) is 14.0. The maximum Gasteiger partial charge on any atom is 0.306 e. The van der Waals surface area contributed by atoms with Gasteiger partial charge in [0, 0.05) is 0 Å². The molecule has 0 aliphatic rings. The third-order valence-electron chi connectivity index (χ3n) is 2.69. The molecule has 0 radical (unpaired) electrons. The first-order valence-corrected chi connectivity index (χ1v) is 6.98. The molecule has 7 nitrogen and oxygen atoms in total. The van der Waals surface area contributed by atoms with Gasteiger partial charge in [-0.25, -0.2) is 0 Å². The fourth-order valence-electron chi connectivity index (χ4n) is 2.19. The van der Waals surface area contributed by atoms with Crippen LogP contribution >= 0.6 is 0 Å². The van der Waals surface area contributed by atoms with Crippen LogP contribution in [0.1, 0.15) is 12.8 Å². The third kappa shape index (κ3) is 12.3. The van der Waals surface area contributed by atoms with Crippen LogP contribution in [-0.2, 0) is 14.3 Å². The van der Waals surface area contributed by atoms with Crippen LogP contribution in [0.3, 0.4) is 0 Å². The molecular weight excluding hydrogens is 276 g/mol. The Morgan fingerprint density at radius 1 is 0.810 bits per heavy atom. The average molecular weight is 306 g/mol. The molecule has 0 fully saturated rings. The molecule has 0 aromatic heterocycles. The van der Waals surface area contributed by atoms with Gasteiger partial charge in [0.25, 0.3) is 0 Å². The van der Waals surface area contributed by atoms with Crippen LogP contribution in [-0.4, -0.2) is 98.7 Å². The summed E-state index contributed by atoms with van der Waals surface area (Å²) in [7, 11) is 11.7. The minimum absolute atomic E-state index is 0.122. The highest BCUT2D eigenvalue weighted by Gasteiger charge is 2.29. The number of carbonyl (C=O) groups is 2. The van der Waals surface area contributed by atoms with Crippen LogP contribution < -0.4 is 0 Å². The molecule has 2 atom stereocenters. The van der Waals surface area contributed by atoms with E-state index in [1.165, 1.54) is 0 Å². The van der Waals surface area contributed by atoms with Crippen molar-refractivity contribution in [1.29, 1.82) is 0 Å². The molecule has 0 heterocycles. The number of hydrogen-bond donors (Lipinski definition) is 2. The normalized spacial score (nSPS) is 15.5. The van der Waals surface area contributed by atoms with Crippen molar-refractivity contribution in [2.45, 2.75) is 25.0 Å². The quantitative estimate of drug-likeness (QED) is 0.559. The Balaban J connectivity index is 4.91. The second kappa shape index (κ2) is 7.72. The van der Waals surface area contributed by atoms with E-state index >= 15 is 0 Å². The Hall–Kier alpha value is -1.18. The van der Waals surface area contributed by atoms with E-state index in [1.807, 2.05) is 42.3 Å². The molecule has 2 N–H and O–H groups in total. The zero-order chi connectivity index (χ0) is 16.8. The van der Waals surface area contributed by atoms with E-state index in [0.717, 1.165) is 0 Å². The highest BCUT2D eigenvalue weighted by molar-refractivity contribution is 5.68. The van der Waals surface area contributed by atoms with Crippen molar-refractivity contribution in [3.8, 4) is 0 Å². The highest BCUT2D eigenvalue weighted by atomic mass is 16.5. The second-order valence-corrected chi connectivity index (χ2v) is 7.52. The molecule has 0 saturated heterocycles. The van der Waals surface area contributed by atoms with Crippen LogP contribution in [0.2, 0.25) is 0 Å². The smallest absolute Gasteiger partial charge is 0.306 e. The van der Waals surface area contributed by atoms with Crippen molar-refractivity contribution in [2.75, 3.05) is 55.4 Å². The highest BCUT2D eigenvalue weighted by Crippen LogP contribution is 2.13. The summed E-state index contributed by atoms with van der Waals surface area (Å²) in [5.74, 6) is -1.87. The number of hydrogen-bond acceptors (Lipinski definition) is 3. The maximum atomic E-state index is 11.0. The summed E-state index contributed by atoms with van der Waals surface area (Å²) < 4.78 is 6.95. The minimum Gasteiger partial charge on any atom is -0.481 e. The lowest BCUT2D eigenvalue weighted by Crippen LogP contribution is -2.48. The fourth-order valence-corrected chi connectivity index (χ4v) is 2.19. The SMILES string of the molecule is C[N+](C)(C)C[C@@H](CC(=O)O)O[C@H](CC(=O)O)C[N+](C)(C)C. The van der Waals surface area contributed by atoms with E-state index in [2.05, 4.69) is 0 Å². The standard InChI is InChI=1S/C14H28N2O5/c1-15(2,3)9-11(7-13(17)18)21-12(8-14(19)20)10-16(4,5)6/h11-12H,7-10H2,1-6H3/p+2/t11-,12-/m1/s1. The molecule has 0 aliphatic carbocycles. The van der Waals surface area contributed by atoms with Crippen LogP contribution in [0.5, 0.6) is 0 Å². The fraction of sp³-hybridized carbons (Fsp3) is 0.857. The number of quaternary nitrogens is 2. The molecule has 0 saturated carbocycles. The predicted octanol–water partition coefficient (Wildman–Crippen LogP) is 0.102. The molecule has 0 aromatic rings. The third-order valence-corrected chi connectivity index (χ3v) is 2.69. The van der Waals surface area contributed by atoms with Gasteiger partial charge in [-0.3, -0.25) is 9.59 Å². The molecule has 21 heavy (non-hydrogen) atoms. The Morgan fingerprint density at radius 2 is 1.10 bits per heavy atom. The van der Waals surface area contributed by atoms with Crippen molar-refractivity contribution >= 4 is 11.9 Å². The Kier molecular flexibility index (Phi) is 7.29. The summed E-state index contributed by atoms with van der Waals surface area (Å²) in [5, 5.41) is 18.0. The first-order chi connectivity index (χ1) is 9.28. The lowest BCUT2D eigenvalue weighted by molar-refractivity contribution is -0.878. The summed E-state index contributed by atoms with van der Waals surface area (Å²) in [6.45, 7) is 1.03. The number of carboxylic acids is 2. The number of carboxylic acid groups (broad SMARTS) is 2. The lowest BCUT2D eigenvalue weighted by Gasteiger charge is -2.33. The van der Waals surface area contributed by atoms with Gasteiger partial charge in [0.2, 0.25) is 0 Å². The topological polar surface area (TPSA) is 83.8 Å².